The summed E-state index contributed by atoms with van der Waals surface area (Å²) in [6, 6.07) is 12.9. The predicted molar refractivity (Wildman–Crippen MR) is 104 cm³/mol. The second-order valence-corrected chi connectivity index (χ2v) is 6.11. The molecule has 0 aliphatic carbocycles. The van der Waals surface area contributed by atoms with Crippen LogP contribution in [-0.2, 0) is 20.9 Å². The van der Waals surface area contributed by atoms with Crippen LogP contribution in [0.5, 0.6) is 0 Å². The first-order valence-electron chi connectivity index (χ1n) is 8.68. The number of nitro groups is 1. The smallest absolute Gasteiger partial charge is 0.437 e. The zero-order valence-corrected chi connectivity index (χ0v) is 15.7. The van der Waals surface area contributed by atoms with Gasteiger partial charge < -0.3 is 14.5 Å². The van der Waals surface area contributed by atoms with E-state index < -0.39 is 35.7 Å². The van der Waals surface area contributed by atoms with Gasteiger partial charge in [0.15, 0.2) is 6.61 Å². The summed E-state index contributed by atoms with van der Waals surface area (Å²) in [4.78, 5) is 46.2. The van der Waals surface area contributed by atoms with Gasteiger partial charge in [0.25, 0.3) is 11.6 Å². The molecule has 11 nitrogen and oxygen atoms in total. The molecular formula is C19H16N4O7. The first kappa shape index (κ1) is 20.5. The monoisotopic (exact) mass is 412 g/mol. The summed E-state index contributed by atoms with van der Waals surface area (Å²) in [5.41, 5.74) is 0.910. The van der Waals surface area contributed by atoms with E-state index in [1.165, 1.54) is 25.1 Å². The van der Waals surface area contributed by atoms with Crippen LogP contribution in [0.2, 0.25) is 0 Å². The number of nitrogens with one attached hydrogen (secondary N) is 1. The average Bonchev–Trinajstić information content (AvgIpc) is 3.09. The molecule has 11 heteroatoms. The Kier molecular flexibility index (Phi) is 6.01. The maximum atomic E-state index is 12.0. The molecule has 1 N–H and O–H groups in total. The van der Waals surface area contributed by atoms with Gasteiger partial charge in [0.05, 0.1) is 16.2 Å². The van der Waals surface area contributed by atoms with Gasteiger partial charge in [-0.1, -0.05) is 24.3 Å². The third-order valence-electron chi connectivity index (χ3n) is 4.05. The number of aromatic nitrogens is 2. The first-order valence-corrected chi connectivity index (χ1v) is 8.68. The highest BCUT2D eigenvalue weighted by atomic mass is 16.6. The predicted octanol–water partition coefficient (Wildman–Crippen LogP) is 1.90. The van der Waals surface area contributed by atoms with Gasteiger partial charge >= 0.3 is 11.7 Å². The van der Waals surface area contributed by atoms with Crippen molar-refractivity contribution in [2.75, 3.05) is 11.9 Å². The van der Waals surface area contributed by atoms with Gasteiger partial charge in [-0.15, -0.1) is 5.10 Å². The molecule has 3 aromatic rings. The van der Waals surface area contributed by atoms with Crippen molar-refractivity contribution in [3.63, 3.8) is 0 Å². The fraction of sp³-hybridized carbons (Fsp3) is 0.158. The van der Waals surface area contributed by atoms with E-state index in [1.54, 1.807) is 30.3 Å². The summed E-state index contributed by atoms with van der Waals surface area (Å²) in [5, 5.41) is 17.3. The highest BCUT2D eigenvalue weighted by Gasteiger charge is 2.17. The summed E-state index contributed by atoms with van der Waals surface area (Å²) >= 11 is 0. The lowest BCUT2D eigenvalue weighted by Crippen LogP contribution is -2.26. The molecule has 1 aromatic heterocycles. The molecule has 0 aliphatic heterocycles. The third kappa shape index (κ3) is 4.76. The molecule has 0 saturated carbocycles. The van der Waals surface area contributed by atoms with Gasteiger partial charge in [0.1, 0.15) is 6.54 Å². The molecule has 154 valence electrons. The second kappa shape index (κ2) is 8.82. The maximum Gasteiger partial charge on any atom is 0.437 e. The van der Waals surface area contributed by atoms with Gasteiger partial charge in [0, 0.05) is 11.6 Å². The Morgan fingerprint density at radius 1 is 1.20 bits per heavy atom. The normalized spacial score (nSPS) is 10.4. The van der Waals surface area contributed by atoms with Crippen molar-refractivity contribution in [3.8, 4) is 11.5 Å². The SMILES string of the molecule is Cc1c(NC(=O)COC(=O)Cn2nc(-c3ccccc3)oc2=O)cccc1[N+](=O)[O-]. The highest BCUT2D eigenvalue weighted by Crippen LogP contribution is 2.24. The molecule has 0 spiro atoms. The first-order chi connectivity index (χ1) is 14.3. The van der Waals surface area contributed by atoms with Crippen LogP contribution in [0.25, 0.3) is 11.5 Å². The van der Waals surface area contributed by atoms with Crippen molar-refractivity contribution in [1.82, 2.24) is 9.78 Å². The summed E-state index contributed by atoms with van der Waals surface area (Å²) < 4.78 is 10.6. The summed E-state index contributed by atoms with van der Waals surface area (Å²) in [5.74, 6) is -2.37. The number of amides is 1. The number of anilines is 1. The van der Waals surface area contributed by atoms with E-state index in [2.05, 4.69) is 10.4 Å². The second-order valence-electron chi connectivity index (χ2n) is 6.11. The molecule has 0 atom stereocenters. The van der Waals surface area contributed by atoms with Gasteiger partial charge in [-0.25, -0.2) is 4.79 Å². The van der Waals surface area contributed by atoms with Crippen molar-refractivity contribution in [3.05, 3.63) is 74.8 Å². The quantitative estimate of drug-likeness (QED) is 0.352. The standard InChI is InChI=1S/C19H16N4O7/c1-12-14(8-5-9-15(12)23(27)28)20-16(24)11-29-17(25)10-22-19(26)30-18(21-22)13-6-3-2-4-7-13/h2-9H,10-11H2,1H3,(H,20,24). The minimum atomic E-state index is -0.879. The van der Waals surface area contributed by atoms with Crippen molar-refractivity contribution in [2.24, 2.45) is 0 Å². The topological polar surface area (TPSA) is 147 Å². The number of hydrogen-bond acceptors (Lipinski definition) is 8. The highest BCUT2D eigenvalue weighted by molar-refractivity contribution is 5.94. The Morgan fingerprint density at radius 3 is 2.63 bits per heavy atom. The van der Waals surface area contributed by atoms with E-state index in [0.29, 0.717) is 5.56 Å². The number of rotatable bonds is 7. The zero-order chi connectivity index (χ0) is 21.7. The molecular weight excluding hydrogens is 396 g/mol. The van der Waals surface area contributed by atoms with Crippen LogP contribution in [0.3, 0.4) is 0 Å². The number of nitrogens with zero attached hydrogens (tertiary/aromatic N) is 3. The summed E-state index contributed by atoms with van der Waals surface area (Å²) in [6.07, 6.45) is 0. The molecule has 0 bridgehead atoms. The summed E-state index contributed by atoms with van der Waals surface area (Å²) in [6.45, 7) is 0.304. The van der Waals surface area contributed by atoms with Crippen LogP contribution in [0.15, 0.2) is 57.7 Å². The number of benzene rings is 2. The number of carbonyl (C=O) groups is 2. The Labute approximate surface area is 169 Å². The Balaban J connectivity index is 1.57. The zero-order valence-electron chi connectivity index (χ0n) is 15.7. The molecule has 2 aromatic carbocycles. The van der Waals surface area contributed by atoms with Crippen LogP contribution in [-0.4, -0.2) is 33.2 Å². The third-order valence-corrected chi connectivity index (χ3v) is 4.05. The van der Waals surface area contributed by atoms with E-state index in [4.69, 9.17) is 9.15 Å². The minimum absolute atomic E-state index is 0.0484. The van der Waals surface area contributed by atoms with Crippen LogP contribution < -0.4 is 11.1 Å². The molecule has 0 saturated heterocycles. The Hall–Kier alpha value is -4.28. The van der Waals surface area contributed by atoms with E-state index in [-0.39, 0.29) is 22.8 Å². The number of ether oxygens (including phenoxy) is 1. The lowest BCUT2D eigenvalue weighted by atomic mass is 10.1. The van der Waals surface area contributed by atoms with E-state index in [0.717, 1.165) is 4.68 Å². The fourth-order valence-corrected chi connectivity index (χ4v) is 2.56. The lowest BCUT2D eigenvalue weighted by molar-refractivity contribution is -0.385. The van der Waals surface area contributed by atoms with Gasteiger partial charge in [-0.05, 0) is 25.1 Å². The number of nitro benzene ring substituents is 1. The summed E-state index contributed by atoms with van der Waals surface area (Å²) in [7, 11) is 0. The van der Waals surface area contributed by atoms with Crippen LogP contribution in [0.1, 0.15) is 5.56 Å². The van der Waals surface area contributed by atoms with E-state index in [1.807, 2.05) is 0 Å². The van der Waals surface area contributed by atoms with Crippen molar-refractivity contribution < 1.29 is 23.7 Å². The molecule has 1 amide bonds. The number of hydrogen-bond donors (Lipinski definition) is 1. The van der Waals surface area contributed by atoms with Gasteiger partial charge in [0.2, 0.25) is 5.89 Å². The molecule has 1 heterocycles. The van der Waals surface area contributed by atoms with Crippen molar-refractivity contribution in [2.45, 2.75) is 13.5 Å². The van der Waals surface area contributed by atoms with Crippen molar-refractivity contribution >= 4 is 23.3 Å². The van der Waals surface area contributed by atoms with Gasteiger partial charge in [-0.2, -0.15) is 4.68 Å². The molecule has 3 rings (SSSR count). The molecule has 30 heavy (non-hydrogen) atoms. The Bertz CT molecular complexity index is 1150. The van der Waals surface area contributed by atoms with E-state index in [9.17, 15) is 24.5 Å². The van der Waals surface area contributed by atoms with Gasteiger partial charge in [-0.3, -0.25) is 19.7 Å². The minimum Gasteiger partial charge on any atom is -0.454 e. The van der Waals surface area contributed by atoms with E-state index >= 15 is 0 Å². The fourth-order valence-electron chi connectivity index (χ4n) is 2.56. The van der Waals surface area contributed by atoms with Crippen LogP contribution >= 0.6 is 0 Å². The Morgan fingerprint density at radius 2 is 1.93 bits per heavy atom. The largest absolute Gasteiger partial charge is 0.454 e. The molecule has 0 unspecified atom stereocenters. The average molecular weight is 412 g/mol. The lowest BCUT2D eigenvalue weighted by Gasteiger charge is -2.09. The molecule has 0 aliphatic rings. The maximum absolute atomic E-state index is 12.0. The van der Waals surface area contributed by atoms with Crippen LogP contribution in [0.4, 0.5) is 11.4 Å². The number of carbonyl (C=O) groups excluding carboxylic acids is 2. The number of esters is 1. The van der Waals surface area contributed by atoms with Crippen LogP contribution in [0, 0.1) is 17.0 Å². The van der Waals surface area contributed by atoms with Crippen molar-refractivity contribution in [1.29, 1.82) is 0 Å². The molecule has 0 fully saturated rings. The molecule has 0 radical (unpaired) electrons.